The highest BCUT2D eigenvalue weighted by Crippen LogP contribution is 2.33. The maximum atomic E-state index is 12.4. The van der Waals surface area contributed by atoms with Crippen molar-refractivity contribution in [1.29, 1.82) is 5.26 Å². The van der Waals surface area contributed by atoms with E-state index in [1.165, 1.54) is 11.6 Å². The quantitative estimate of drug-likeness (QED) is 0.470. The first-order valence-electron chi connectivity index (χ1n) is 10.9. The SMILES string of the molecule is N#Cc1cc(CCNCCOc2ccccc2OCC(F)(F)F)cc2c1N(CCCO)CC2. The van der Waals surface area contributed by atoms with Gasteiger partial charge in [0.15, 0.2) is 18.1 Å². The lowest BCUT2D eigenvalue weighted by Gasteiger charge is -2.20. The van der Waals surface area contributed by atoms with Crippen molar-refractivity contribution in [2.75, 3.05) is 50.9 Å². The molecule has 6 nitrogen and oxygen atoms in total. The largest absolute Gasteiger partial charge is 0.488 e. The maximum absolute atomic E-state index is 12.4. The summed E-state index contributed by atoms with van der Waals surface area (Å²) in [4.78, 5) is 2.17. The fourth-order valence-corrected chi connectivity index (χ4v) is 3.85. The first-order chi connectivity index (χ1) is 15.9. The van der Waals surface area contributed by atoms with Crippen molar-refractivity contribution in [1.82, 2.24) is 5.32 Å². The molecule has 9 heteroatoms. The normalized spacial score (nSPS) is 13.0. The monoisotopic (exact) mass is 463 g/mol. The second-order valence-corrected chi connectivity index (χ2v) is 7.78. The summed E-state index contributed by atoms with van der Waals surface area (Å²) >= 11 is 0. The predicted molar refractivity (Wildman–Crippen MR) is 119 cm³/mol. The molecule has 0 aromatic heterocycles. The van der Waals surface area contributed by atoms with E-state index in [0.717, 1.165) is 37.2 Å². The van der Waals surface area contributed by atoms with Gasteiger partial charge in [-0.05, 0) is 55.1 Å². The van der Waals surface area contributed by atoms with Crippen LogP contribution in [0.2, 0.25) is 0 Å². The van der Waals surface area contributed by atoms with E-state index in [1.54, 1.807) is 18.2 Å². The van der Waals surface area contributed by atoms with Gasteiger partial charge >= 0.3 is 6.18 Å². The molecule has 0 aliphatic carbocycles. The number of aliphatic hydroxyl groups is 1. The van der Waals surface area contributed by atoms with Crippen LogP contribution in [0.15, 0.2) is 36.4 Å². The van der Waals surface area contributed by atoms with Crippen molar-refractivity contribution >= 4 is 5.69 Å². The average molecular weight is 464 g/mol. The van der Waals surface area contributed by atoms with E-state index in [0.29, 0.717) is 25.1 Å². The Balaban J connectivity index is 1.45. The molecular weight excluding hydrogens is 435 g/mol. The number of ether oxygens (including phenoxy) is 2. The summed E-state index contributed by atoms with van der Waals surface area (Å²) in [6.45, 7) is 1.83. The summed E-state index contributed by atoms with van der Waals surface area (Å²) in [5.41, 5.74) is 3.90. The molecule has 0 fully saturated rings. The second kappa shape index (κ2) is 11.8. The number of nitrogens with zero attached hydrogens (tertiary/aromatic N) is 2. The van der Waals surface area contributed by atoms with Crippen LogP contribution in [0.1, 0.15) is 23.1 Å². The van der Waals surface area contributed by atoms with Crippen molar-refractivity contribution in [2.24, 2.45) is 0 Å². The molecule has 3 rings (SSSR count). The number of hydrogen-bond donors (Lipinski definition) is 2. The van der Waals surface area contributed by atoms with E-state index in [2.05, 4.69) is 22.4 Å². The minimum absolute atomic E-state index is 0.0602. The van der Waals surface area contributed by atoms with E-state index >= 15 is 0 Å². The Hall–Kier alpha value is -2.96. The van der Waals surface area contributed by atoms with E-state index in [1.807, 2.05) is 6.07 Å². The molecule has 1 aliphatic heterocycles. The number of alkyl halides is 3. The third kappa shape index (κ3) is 7.27. The zero-order valence-corrected chi connectivity index (χ0v) is 18.3. The summed E-state index contributed by atoms with van der Waals surface area (Å²) in [5.74, 6) is 0.330. The molecule has 0 unspecified atom stereocenters. The summed E-state index contributed by atoms with van der Waals surface area (Å²) in [6, 6.07) is 12.6. The highest BCUT2D eigenvalue weighted by Gasteiger charge is 2.29. The minimum Gasteiger partial charge on any atom is -0.488 e. The van der Waals surface area contributed by atoms with E-state index in [9.17, 15) is 18.4 Å². The minimum atomic E-state index is -4.41. The Kier molecular flexibility index (Phi) is 8.80. The smallest absolute Gasteiger partial charge is 0.422 e. The number of benzene rings is 2. The summed E-state index contributed by atoms with van der Waals surface area (Å²) in [5, 5.41) is 21.9. The molecule has 1 aliphatic rings. The van der Waals surface area contributed by atoms with Crippen molar-refractivity contribution in [3.05, 3.63) is 53.1 Å². The molecule has 2 aromatic carbocycles. The van der Waals surface area contributed by atoms with Crippen molar-refractivity contribution in [2.45, 2.75) is 25.4 Å². The summed E-state index contributed by atoms with van der Waals surface area (Å²) < 4.78 is 47.6. The topological polar surface area (TPSA) is 77.8 Å². The molecule has 0 bridgehead atoms. The highest BCUT2D eigenvalue weighted by molar-refractivity contribution is 5.68. The average Bonchev–Trinajstić information content (AvgIpc) is 3.21. The first kappa shape index (κ1) is 24.7. The third-order valence-corrected chi connectivity index (χ3v) is 5.29. The zero-order chi connectivity index (χ0) is 23.7. The van der Waals surface area contributed by atoms with Crippen molar-refractivity contribution < 1.29 is 27.8 Å². The molecule has 33 heavy (non-hydrogen) atoms. The molecule has 0 saturated carbocycles. The van der Waals surface area contributed by atoms with Gasteiger partial charge in [-0.2, -0.15) is 18.4 Å². The van der Waals surface area contributed by atoms with E-state index in [-0.39, 0.29) is 24.7 Å². The van der Waals surface area contributed by atoms with Crippen LogP contribution in [0.25, 0.3) is 0 Å². The lowest BCUT2D eigenvalue weighted by atomic mass is 10.0. The number of nitrogens with one attached hydrogen (secondary N) is 1. The van der Waals surface area contributed by atoms with Gasteiger partial charge in [-0.1, -0.05) is 18.2 Å². The number of nitriles is 1. The van der Waals surface area contributed by atoms with Gasteiger partial charge in [0.25, 0.3) is 0 Å². The summed E-state index contributed by atoms with van der Waals surface area (Å²) in [7, 11) is 0. The van der Waals surface area contributed by atoms with Crippen LogP contribution in [-0.2, 0) is 12.8 Å². The molecule has 0 radical (unpaired) electrons. The van der Waals surface area contributed by atoms with Crippen molar-refractivity contribution in [3.8, 4) is 17.6 Å². The van der Waals surface area contributed by atoms with Crippen LogP contribution in [-0.4, -0.2) is 57.3 Å². The number of aliphatic hydroxyl groups excluding tert-OH is 1. The number of rotatable bonds is 12. The fourth-order valence-electron chi connectivity index (χ4n) is 3.85. The first-order valence-corrected chi connectivity index (χ1v) is 10.9. The van der Waals surface area contributed by atoms with Gasteiger partial charge in [0, 0.05) is 26.2 Å². The Morgan fingerprint density at radius 2 is 1.88 bits per heavy atom. The Morgan fingerprint density at radius 3 is 2.58 bits per heavy atom. The number of fused-ring (bicyclic) bond motifs is 1. The van der Waals surface area contributed by atoms with Crippen LogP contribution in [0.3, 0.4) is 0 Å². The fraction of sp³-hybridized carbons (Fsp3) is 0.458. The maximum Gasteiger partial charge on any atom is 0.422 e. The molecule has 0 spiro atoms. The van der Waals surface area contributed by atoms with Gasteiger partial charge in [-0.25, -0.2) is 0 Å². The molecule has 2 aromatic rings. The Bertz CT molecular complexity index is 960. The molecular formula is C24H28F3N3O3. The molecule has 178 valence electrons. The molecule has 0 atom stereocenters. The lowest BCUT2D eigenvalue weighted by Crippen LogP contribution is -2.24. The van der Waals surface area contributed by atoms with Crippen LogP contribution in [0.5, 0.6) is 11.5 Å². The number of para-hydroxylation sites is 2. The van der Waals surface area contributed by atoms with Gasteiger partial charge in [0.05, 0.1) is 11.3 Å². The van der Waals surface area contributed by atoms with Crippen LogP contribution < -0.4 is 19.7 Å². The van der Waals surface area contributed by atoms with E-state index in [4.69, 9.17) is 14.6 Å². The summed E-state index contributed by atoms with van der Waals surface area (Å²) in [6.07, 6.45) is -2.10. The zero-order valence-electron chi connectivity index (χ0n) is 18.3. The van der Waals surface area contributed by atoms with Crippen LogP contribution in [0, 0.1) is 11.3 Å². The van der Waals surface area contributed by atoms with Gasteiger partial charge in [0.2, 0.25) is 0 Å². The lowest BCUT2D eigenvalue weighted by molar-refractivity contribution is -0.153. The third-order valence-electron chi connectivity index (χ3n) is 5.29. The van der Waals surface area contributed by atoms with Gasteiger partial charge in [-0.3, -0.25) is 0 Å². The van der Waals surface area contributed by atoms with Crippen LogP contribution >= 0.6 is 0 Å². The number of anilines is 1. The molecule has 0 amide bonds. The Morgan fingerprint density at radius 1 is 1.12 bits per heavy atom. The molecule has 2 N–H and O–H groups in total. The highest BCUT2D eigenvalue weighted by atomic mass is 19.4. The van der Waals surface area contributed by atoms with Gasteiger partial charge < -0.3 is 24.8 Å². The number of hydrogen-bond acceptors (Lipinski definition) is 6. The standard InChI is InChI=1S/C24H28F3N3O3/c25-24(26,27)17-33-22-5-2-1-4-21(22)32-13-9-29-8-6-18-14-19-7-11-30(10-3-12-31)23(19)20(15-18)16-28/h1-2,4-5,14-15,29,31H,3,6-13,17H2. The van der Waals surface area contributed by atoms with E-state index < -0.39 is 12.8 Å². The van der Waals surface area contributed by atoms with Crippen molar-refractivity contribution in [3.63, 3.8) is 0 Å². The molecule has 1 heterocycles. The number of halogens is 3. The van der Waals surface area contributed by atoms with Crippen LogP contribution in [0.4, 0.5) is 18.9 Å². The van der Waals surface area contributed by atoms with Gasteiger partial charge in [-0.15, -0.1) is 0 Å². The second-order valence-electron chi connectivity index (χ2n) is 7.78. The predicted octanol–water partition coefficient (Wildman–Crippen LogP) is 3.46. The molecule has 0 saturated heterocycles. The Labute approximate surface area is 191 Å². The van der Waals surface area contributed by atoms with Gasteiger partial charge in [0.1, 0.15) is 12.7 Å².